The molecule has 0 amide bonds. The molecule has 0 saturated carbocycles. The number of hydrogen-bond acceptors (Lipinski definition) is 2. The van der Waals surface area contributed by atoms with Crippen LogP contribution >= 0.6 is 11.5 Å². The van der Waals surface area contributed by atoms with Crippen LogP contribution in [0.5, 0.6) is 0 Å². The lowest BCUT2D eigenvalue weighted by Crippen LogP contribution is -1.78. The molecule has 21 heavy (non-hydrogen) atoms. The molecule has 0 aliphatic heterocycles. The highest BCUT2D eigenvalue weighted by atomic mass is 32.1. The smallest absolute Gasteiger partial charge is 0.0927 e. The molecule has 1 heterocycles. The van der Waals surface area contributed by atoms with Crippen molar-refractivity contribution >= 4 is 22.3 Å². The first kappa shape index (κ1) is 12.3. The zero-order valence-electron chi connectivity index (χ0n) is 11.3. The van der Waals surface area contributed by atoms with E-state index in [0.717, 1.165) is 16.1 Å². The Morgan fingerprint density at radius 3 is 2.33 bits per heavy atom. The van der Waals surface area contributed by atoms with Gasteiger partial charge in [0.25, 0.3) is 0 Å². The van der Waals surface area contributed by atoms with Crippen LogP contribution in [0.2, 0.25) is 0 Å². The molecule has 0 bridgehead atoms. The Kier molecular flexibility index (Phi) is 3.02. The van der Waals surface area contributed by atoms with Gasteiger partial charge in [-0.1, -0.05) is 66.7 Å². The fraction of sp³-hybridized carbons (Fsp3) is 0. The summed E-state index contributed by atoms with van der Waals surface area (Å²) in [4.78, 5) is 1.08. The van der Waals surface area contributed by atoms with Gasteiger partial charge in [-0.25, -0.2) is 0 Å². The zero-order valence-corrected chi connectivity index (χ0v) is 12.1. The quantitative estimate of drug-likeness (QED) is 0.479. The van der Waals surface area contributed by atoms with Crippen LogP contribution in [0, 0.1) is 6.07 Å². The van der Waals surface area contributed by atoms with Crippen molar-refractivity contribution in [2.24, 2.45) is 0 Å². The van der Waals surface area contributed by atoms with Crippen molar-refractivity contribution in [3.8, 4) is 21.7 Å². The van der Waals surface area contributed by atoms with Crippen LogP contribution in [0.25, 0.3) is 32.5 Å². The van der Waals surface area contributed by atoms with E-state index >= 15 is 0 Å². The molecule has 0 aliphatic rings. The fourth-order valence-corrected chi connectivity index (χ4v) is 3.14. The molecule has 1 radical (unpaired) electrons. The van der Waals surface area contributed by atoms with E-state index in [-0.39, 0.29) is 0 Å². The van der Waals surface area contributed by atoms with Crippen molar-refractivity contribution in [2.45, 2.75) is 0 Å². The molecule has 4 rings (SSSR count). The second-order valence-electron chi connectivity index (χ2n) is 4.91. The number of benzene rings is 3. The zero-order chi connectivity index (χ0) is 14.1. The highest BCUT2D eigenvalue weighted by molar-refractivity contribution is 7.09. The Labute approximate surface area is 127 Å². The SMILES string of the molecule is [c]1c(-c2ccc3ccccc3c2)nsc1-c1ccccc1. The Bertz CT molecular complexity index is 894. The first-order valence-electron chi connectivity index (χ1n) is 6.84. The molecule has 0 saturated heterocycles. The summed E-state index contributed by atoms with van der Waals surface area (Å²) in [7, 11) is 0. The topological polar surface area (TPSA) is 12.9 Å². The van der Waals surface area contributed by atoms with Crippen molar-refractivity contribution in [1.82, 2.24) is 4.37 Å². The van der Waals surface area contributed by atoms with Crippen LogP contribution in [0.1, 0.15) is 0 Å². The van der Waals surface area contributed by atoms with Gasteiger partial charge in [-0.3, -0.25) is 0 Å². The molecule has 99 valence electrons. The summed E-state index contributed by atoms with van der Waals surface area (Å²) in [6.45, 7) is 0. The van der Waals surface area contributed by atoms with E-state index in [9.17, 15) is 0 Å². The monoisotopic (exact) mass is 286 g/mol. The van der Waals surface area contributed by atoms with Crippen molar-refractivity contribution in [3.05, 3.63) is 78.9 Å². The van der Waals surface area contributed by atoms with E-state index in [4.69, 9.17) is 0 Å². The van der Waals surface area contributed by atoms with Crippen LogP contribution in [0.4, 0.5) is 0 Å². The third kappa shape index (κ3) is 2.34. The molecule has 0 aliphatic carbocycles. The van der Waals surface area contributed by atoms with Crippen LogP contribution in [0.15, 0.2) is 72.8 Å². The summed E-state index contributed by atoms with van der Waals surface area (Å²) in [6, 6.07) is 28.5. The third-order valence-electron chi connectivity index (χ3n) is 3.52. The Morgan fingerprint density at radius 2 is 1.48 bits per heavy atom. The fourth-order valence-electron chi connectivity index (χ4n) is 2.42. The minimum absolute atomic E-state index is 0.921. The van der Waals surface area contributed by atoms with Crippen molar-refractivity contribution in [2.75, 3.05) is 0 Å². The average Bonchev–Trinajstić information content (AvgIpc) is 3.05. The summed E-state index contributed by atoms with van der Waals surface area (Å²) >= 11 is 1.50. The van der Waals surface area contributed by atoms with Crippen LogP contribution in [-0.4, -0.2) is 4.37 Å². The van der Waals surface area contributed by atoms with Gasteiger partial charge in [0.05, 0.1) is 10.6 Å². The second kappa shape index (κ2) is 5.15. The molecule has 3 aromatic carbocycles. The van der Waals surface area contributed by atoms with Gasteiger partial charge in [0.15, 0.2) is 0 Å². The van der Waals surface area contributed by atoms with Crippen molar-refractivity contribution < 1.29 is 0 Å². The van der Waals surface area contributed by atoms with E-state index in [0.29, 0.717) is 0 Å². The minimum Gasteiger partial charge on any atom is -0.191 e. The van der Waals surface area contributed by atoms with E-state index in [2.05, 4.69) is 65.0 Å². The standard InChI is InChI=1S/C19H12NS/c1-2-7-15(8-3-1)19-13-18(20-21-19)17-11-10-14-6-4-5-9-16(14)12-17/h1-12H. The Morgan fingerprint density at radius 1 is 0.714 bits per heavy atom. The van der Waals surface area contributed by atoms with Gasteiger partial charge in [0.1, 0.15) is 0 Å². The lowest BCUT2D eigenvalue weighted by Gasteiger charge is -2.00. The second-order valence-corrected chi connectivity index (χ2v) is 5.69. The maximum absolute atomic E-state index is 4.56. The van der Waals surface area contributed by atoms with Gasteiger partial charge in [-0.15, -0.1) is 0 Å². The first-order chi connectivity index (χ1) is 10.4. The minimum atomic E-state index is 0.921. The van der Waals surface area contributed by atoms with E-state index < -0.39 is 0 Å². The maximum Gasteiger partial charge on any atom is 0.0927 e. The van der Waals surface area contributed by atoms with Gasteiger partial charge < -0.3 is 0 Å². The van der Waals surface area contributed by atoms with E-state index in [1.807, 2.05) is 18.2 Å². The number of hydrogen-bond donors (Lipinski definition) is 0. The Balaban J connectivity index is 1.77. The van der Waals surface area contributed by atoms with Crippen molar-refractivity contribution in [1.29, 1.82) is 0 Å². The summed E-state index contributed by atoms with van der Waals surface area (Å²) in [5.74, 6) is 0. The third-order valence-corrected chi connectivity index (χ3v) is 4.31. The van der Waals surface area contributed by atoms with Gasteiger partial charge in [0.2, 0.25) is 0 Å². The molecular formula is C19H12NS. The Hall–Kier alpha value is -2.45. The first-order valence-corrected chi connectivity index (χ1v) is 7.61. The number of aromatic nitrogens is 1. The number of rotatable bonds is 2. The summed E-state index contributed by atoms with van der Waals surface area (Å²) in [5, 5.41) is 2.48. The predicted octanol–water partition coefficient (Wildman–Crippen LogP) is 5.43. The van der Waals surface area contributed by atoms with Gasteiger partial charge in [0, 0.05) is 11.6 Å². The molecule has 0 fully saturated rings. The molecule has 0 N–H and O–H groups in total. The van der Waals surface area contributed by atoms with E-state index in [1.165, 1.54) is 27.9 Å². The van der Waals surface area contributed by atoms with Gasteiger partial charge in [-0.05, 0) is 33.9 Å². The van der Waals surface area contributed by atoms with Gasteiger partial charge in [-0.2, -0.15) is 4.37 Å². The predicted molar refractivity (Wildman–Crippen MR) is 89.3 cm³/mol. The molecule has 4 aromatic rings. The highest BCUT2D eigenvalue weighted by Crippen LogP contribution is 2.30. The molecule has 1 nitrogen and oxygen atoms in total. The largest absolute Gasteiger partial charge is 0.191 e. The van der Waals surface area contributed by atoms with Gasteiger partial charge >= 0.3 is 0 Å². The van der Waals surface area contributed by atoms with Crippen LogP contribution in [0.3, 0.4) is 0 Å². The molecule has 1 aromatic heterocycles. The molecule has 2 heteroatoms. The average molecular weight is 286 g/mol. The normalized spacial score (nSPS) is 10.9. The molecular weight excluding hydrogens is 274 g/mol. The summed E-state index contributed by atoms with van der Waals surface area (Å²) in [6.07, 6.45) is 0. The van der Waals surface area contributed by atoms with Crippen LogP contribution < -0.4 is 0 Å². The van der Waals surface area contributed by atoms with Crippen LogP contribution in [-0.2, 0) is 0 Å². The number of nitrogens with zero attached hydrogens (tertiary/aromatic N) is 1. The summed E-state index contributed by atoms with van der Waals surface area (Å²) < 4.78 is 4.56. The highest BCUT2D eigenvalue weighted by Gasteiger charge is 2.07. The molecule has 0 unspecified atom stereocenters. The lowest BCUT2D eigenvalue weighted by atomic mass is 10.0. The maximum atomic E-state index is 4.56. The molecule has 0 atom stereocenters. The lowest BCUT2D eigenvalue weighted by molar-refractivity contribution is 1.53. The van der Waals surface area contributed by atoms with E-state index in [1.54, 1.807) is 0 Å². The summed E-state index contributed by atoms with van der Waals surface area (Å²) in [5.41, 5.74) is 3.21. The number of fused-ring (bicyclic) bond motifs is 1. The van der Waals surface area contributed by atoms with Crippen molar-refractivity contribution in [3.63, 3.8) is 0 Å². The molecule has 0 spiro atoms.